The molecule has 0 unspecified atom stereocenters. The zero-order chi connectivity index (χ0) is 13.9. The molecule has 0 bridgehead atoms. The van der Waals surface area contributed by atoms with E-state index in [2.05, 4.69) is 10.3 Å². The number of halogens is 2. The van der Waals surface area contributed by atoms with Gasteiger partial charge in [-0.05, 0) is 31.0 Å². The van der Waals surface area contributed by atoms with Gasteiger partial charge in [-0.25, -0.2) is 13.8 Å². The van der Waals surface area contributed by atoms with Crippen molar-refractivity contribution in [2.75, 3.05) is 0 Å². The number of hydrogen-bond donors (Lipinski definition) is 1. The summed E-state index contributed by atoms with van der Waals surface area (Å²) in [6.07, 6.45) is 3.33. The van der Waals surface area contributed by atoms with Crippen LogP contribution >= 0.6 is 0 Å². The summed E-state index contributed by atoms with van der Waals surface area (Å²) in [5.74, 6) is -0.595. The molecule has 2 aromatic rings. The van der Waals surface area contributed by atoms with Crippen LogP contribution in [0.25, 0.3) is 0 Å². The van der Waals surface area contributed by atoms with Gasteiger partial charge in [0, 0.05) is 18.2 Å². The molecule has 1 N–H and O–H groups in total. The van der Waals surface area contributed by atoms with Gasteiger partial charge >= 0.3 is 0 Å². The Labute approximate surface area is 115 Å². The van der Waals surface area contributed by atoms with E-state index in [0.29, 0.717) is 18.2 Å². The molecule has 0 amide bonds. The fourth-order valence-electron chi connectivity index (χ4n) is 1.86. The van der Waals surface area contributed by atoms with Gasteiger partial charge in [-0.1, -0.05) is 12.1 Å². The van der Waals surface area contributed by atoms with Gasteiger partial charge in [-0.15, -0.1) is 0 Å². The average molecular weight is 276 g/mol. The first-order valence-corrected chi connectivity index (χ1v) is 6.52. The van der Waals surface area contributed by atoms with Crippen LogP contribution in [0.3, 0.4) is 0 Å². The Bertz CT molecular complexity index is 615. The highest BCUT2D eigenvalue weighted by molar-refractivity contribution is 5.33. The van der Waals surface area contributed by atoms with Crippen molar-refractivity contribution >= 4 is 0 Å². The van der Waals surface area contributed by atoms with Gasteiger partial charge in [0.2, 0.25) is 5.88 Å². The monoisotopic (exact) mass is 276 g/mol. The molecule has 0 saturated heterocycles. The summed E-state index contributed by atoms with van der Waals surface area (Å²) < 4.78 is 32.3. The molecule has 3 rings (SSSR count). The highest BCUT2D eigenvalue weighted by atomic mass is 19.1. The van der Waals surface area contributed by atoms with Crippen LogP contribution in [0, 0.1) is 11.6 Å². The largest absolute Gasteiger partial charge is 0.436 e. The molecule has 104 valence electrons. The van der Waals surface area contributed by atoms with Gasteiger partial charge in [0.1, 0.15) is 5.82 Å². The number of rotatable bonds is 5. The normalized spacial score (nSPS) is 14.3. The van der Waals surface area contributed by atoms with Crippen molar-refractivity contribution in [2.24, 2.45) is 0 Å². The number of aromatic nitrogens is 1. The Morgan fingerprint density at radius 3 is 2.80 bits per heavy atom. The molecule has 1 aromatic carbocycles. The fourth-order valence-corrected chi connectivity index (χ4v) is 1.86. The minimum atomic E-state index is -0.472. The first kappa shape index (κ1) is 13.0. The third-order valence-electron chi connectivity index (χ3n) is 3.09. The summed E-state index contributed by atoms with van der Waals surface area (Å²) >= 11 is 0. The molecular formula is C15H14F2N2O. The molecule has 5 heteroatoms. The Hall–Kier alpha value is -2.01. The second-order valence-corrected chi connectivity index (χ2v) is 4.81. The highest BCUT2D eigenvalue weighted by Crippen LogP contribution is 2.27. The van der Waals surface area contributed by atoms with Gasteiger partial charge in [0.05, 0.1) is 6.20 Å². The molecule has 3 nitrogen and oxygen atoms in total. The van der Waals surface area contributed by atoms with E-state index in [4.69, 9.17) is 4.74 Å². The predicted octanol–water partition coefficient (Wildman–Crippen LogP) is 3.40. The van der Waals surface area contributed by atoms with E-state index in [1.165, 1.54) is 18.2 Å². The van der Waals surface area contributed by atoms with Gasteiger partial charge in [-0.2, -0.15) is 0 Å². The molecule has 1 aromatic heterocycles. The van der Waals surface area contributed by atoms with E-state index < -0.39 is 11.6 Å². The lowest BCUT2D eigenvalue weighted by molar-refractivity contribution is 0.417. The Morgan fingerprint density at radius 2 is 2.05 bits per heavy atom. The topological polar surface area (TPSA) is 34.1 Å². The lowest BCUT2D eigenvalue weighted by Crippen LogP contribution is -2.16. The maximum atomic E-state index is 13.6. The number of hydrogen-bond acceptors (Lipinski definition) is 3. The molecule has 0 aliphatic heterocycles. The molecule has 0 spiro atoms. The van der Waals surface area contributed by atoms with Crippen LogP contribution in [-0.2, 0) is 6.54 Å². The Morgan fingerprint density at radius 1 is 1.25 bits per heavy atom. The molecule has 20 heavy (non-hydrogen) atoms. The number of ether oxygens (including phenoxy) is 1. The van der Waals surface area contributed by atoms with Crippen molar-refractivity contribution in [1.82, 2.24) is 10.3 Å². The molecule has 1 aliphatic rings. The molecule has 0 radical (unpaired) electrons. The average Bonchev–Trinajstić information content (AvgIpc) is 3.25. The van der Waals surface area contributed by atoms with E-state index in [9.17, 15) is 8.78 Å². The first-order chi connectivity index (χ1) is 9.72. The van der Waals surface area contributed by atoms with Gasteiger partial charge in [0.25, 0.3) is 0 Å². The zero-order valence-electron chi connectivity index (χ0n) is 10.8. The lowest BCUT2D eigenvalue weighted by Gasteiger charge is -2.11. The van der Waals surface area contributed by atoms with E-state index in [0.717, 1.165) is 19.0 Å². The van der Waals surface area contributed by atoms with E-state index >= 15 is 0 Å². The number of pyridine rings is 1. The van der Waals surface area contributed by atoms with Crippen LogP contribution in [0.5, 0.6) is 11.6 Å². The van der Waals surface area contributed by atoms with E-state index in [-0.39, 0.29) is 11.6 Å². The van der Waals surface area contributed by atoms with Crippen molar-refractivity contribution in [2.45, 2.75) is 25.4 Å². The van der Waals surface area contributed by atoms with Crippen LogP contribution in [0.4, 0.5) is 8.78 Å². The molecule has 0 atom stereocenters. The summed E-state index contributed by atoms with van der Waals surface area (Å²) in [5.41, 5.74) is 0.583. The molecular weight excluding hydrogens is 262 g/mol. The van der Waals surface area contributed by atoms with Crippen LogP contribution in [0.1, 0.15) is 18.4 Å². The number of benzene rings is 1. The van der Waals surface area contributed by atoms with Crippen molar-refractivity contribution in [1.29, 1.82) is 0 Å². The molecule has 1 heterocycles. The molecule has 1 saturated carbocycles. The van der Waals surface area contributed by atoms with Crippen LogP contribution in [0.15, 0.2) is 36.5 Å². The minimum Gasteiger partial charge on any atom is -0.436 e. The van der Waals surface area contributed by atoms with Gasteiger partial charge in [0.15, 0.2) is 11.6 Å². The van der Waals surface area contributed by atoms with Gasteiger partial charge < -0.3 is 10.1 Å². The number of para-hydroxylation sites is 1. The maximum Gasteiger partial charge on any atom is 0.224 e. The maximum absolute atomic E-state index is 13.6. The Kier molecular flexibility index (Phi) is 3.60. The van der Waals surface area contributed by atoms with Crippen molar-refractivity contribution in [3.05, 3.63) is 53.7 Å². The summed E-state index contributed by atoms with van der Waals surface area (Å²) in [5, 5.41) is 3.26. The lowest BCUT2D eigenvalue weighted by atomic mass is 10.2. The molecule has 1 fully saturated rings. The summed E-state index contributed by atoms with van der Waals surface area (Å²) in [7, 11) is 0. The van der Waals surface area contributed by atoms with Gasteiger partial charge in [-0.3, -0.25) is 0 Å². The summed E-state index contributed by atoms with van der Waals surface area (Å²) in [6.45, 7) is 0.458. The molecule has 1 aliphatic carbocycles. The first-order valence-electron chi connectivity index (χ1n) is 6.52. The smallest absolute Gasteiger partial charge is 0.224 e. The Balaban J connectivity index is 1.82. The predicted molar refractivity (Wildman–Crippen MR) is 70.5 cm³/mol. The summed E-state index contributed by atoms with van der Waals surface area (Å²) in [4.78, 5) is 3.91. The number of nitrogens with one attached hydrogen (secondary N) is 1. The SMILES string of the molecule is Fc1cnc(Oc2ccccc2F)c(CNC2CC2)c1. The number of nitrogens with zero attached hydrogens (tertiary/aromatic N) is 1. The van der Waals surface area contributed by atoms with E-state index in [1.54, 1.807) is 12.1 Å². The third-order valence-corrected chi connectivity index (χ3v) is 3.09. The minimum absolute atomic E-state index is 0.0827. The van der Waals surface area contributed by atoms with Crippen LogP contribution in [0.2, 0.25) is 0 Å². The second kappa shape index (κ2) is 5.54. The van der Waals surface area contributed by atoms with Crippen molar-refractivity contribution in [3.63, 3.8) is 0 Å². The third kappa shape index (κ3) is 3.11. The van der Waals surface area contributed by atoms with Crippen LogP contribution < -0.4 is 10.1 Å². The standard InChI is InChI=1S/C15H14F2N2O/c16-11-7-10(8-18-12-5-6-12)15(19-9-11)20-14-4-2-1-3-13(14)17/h1-4,7,9,12,18H,5-6,8H2. The van der Waals surface area contributed by atoms with Crippen LogP contribution in [-0.4, -0.2) is 11.0 Å². The fraction of sp³-hybridized carbons (Fsp3) is 0.267. The van der Waals surface area contributed by atoms with Crippen molar-refractivity contribution < 1.29 is 13.5 Å². The quantitative estimate of drug-likeness (QED) is 0.908. The van der Waals surface area contributed by atoms with Crippen molar-refractivity contribution in [3.8, 4) is 11.6 Å². The zero-order valence-corrected chi connectivity index (χ0v) is 10.8. The summed E-state index contributed by atoms with van der Waals surface area (Å²) in [6, 6.07) is 7.91. The van der Waals surface area contributed by atoms with E-state index in [1.807, 2.05) is 0 Å². The second-order valence-electron chi connectivity index (χ2n) is 4.81. The highest BCUT2D eigenvalue weighted by Gasteiger charge is 2.21.